The number of esters is 1. The van der Waals surface area contributed by atoms with E-state index in [0.717, 1.165) is 0 Å². The average Bonchev–Trinajstić information content (AvgIpc) is 3.17. The van der Waals surface area contributed by atoms with Crippen LogP contribution in [0.4, 0.5) is 0 Å². The molecule has 9 heteroatoms. The van der Waals surface area contributed by atoms with Gasteiger partial charge in [-0.05, 0) is 31.1 Å². The zero-order valence-corrected chi connectivity index (χ0v) is 19.7. The third-order valence-corrected chi connectivity index (χ3v) is 9.48. The maximum atomic E-state index is 11.7. The summed E-state index contributed by atoms with van der Waals surface area (Å²) in [6.45, 7) is 15.0. The van der Waals surface area contributed by atoms with Crippen LogP contribution in [0.25, 0.3) is 11.5 Å². The summed E-state index contributed by atoms with van der Waals surface area (Å²) in [5.74, 6) is 0.196. The molecule has 0 spiro atoms. The first-order valence-corrected chi connectivity index (χ1v) is 13.0. The number of nitrogens with zero attached hydrogens (tertiary/aromatic N) is 2. The van der Waals surface area contributed by atoms with E-state index in [4.69, 9.17) is 23.1 Å². The second-order valence-electron chi connectivity index (χ2n) is 8.21. The number of carbonyl (C=O) groups excluding carboxylic acids is 1. The van der Waals surface area contributed by atoms with Gasteiger partial charge in [-0.3, -0.25) is 0 Å². The molecule has 0 fully saturated rings. The first-order chi connectivity index (χ1) is 14.1. The molecule has 0 aliphatic carbocycles. The molecule has 0 bridgehead atoms. The van der Waals surface area contributed by atoms with Gasteiger partial charge in [0.25, 0.3) is 0 Å². The Kier molecular flexibility index (Phi) is 8.57. The van der Waals surface area contributed by atoms with Crippen molar-refractivity contribution in [2.75, 3.05) is 33.0 Å². The van der Waals surface area contributed by atoms with Crippen molar-refractivity contribution in [3.8, 4) is 17.3 Å². The Labute approximate surface area is 179 Å². The van der Waals surface area contributed by atoms with E-state index in [9.17, 15) is 4.79 Å². The van der Waals surface area contributed by atoms with Gasteiger partial charge in [-0.25, -0.2) is 14.8 Å². The molecule has 0 aliphatic rings. The van der Waals surface area contributed by atoms with Crippen LogP contribution in [-0.2, 0) is 13.9 Å². The molecule has 0 aliphatic heterocycles. The third-order valence-electron chi connectivity index (χ3n) is 4.94. The fourth-order valence-corrected chi connectivity index (χ4v) is 3.23. The predicted molar refractivity (Wildman–Crippen MR) is 115 cm³/mol. The molecule has 2 aromatic rings. The van der Waals surface area contributed by atoms with E-state index in [-0.39, 0.29) is 17.3 Å². The summed E-state index contributed by atoms with van der Waals surface area (Å²) in [5.41, 5.74) is 0.777. The molecule has 8 nitrogen and oxygen atoms in total. The SMILES string of the molecule is CCOC(=O)c1coc(-c2ccnc(OCCOCCO[Si](C)(C)C(C)(C)C)c2)n1. The van der Waals surface area contributed by atoms with Gasteiger partial charge < -0.3 is 23.1 Å². The summed E-state index contributed by atoms with van der Waals surface area (Å²) in [5, 5.41) is 0.187. The molecule has 0 saturated heterocycles. The van der Waals surface area contributed by atoms with Crippen molar-refractivity contribution < 1.29 is 27.8 Å². The minimum atomic E-state index is -1.74. The smallest absolute Gasteiger partial charge is 0.360 e. The molecule has 0 N–H and O–H groups in total. The first kappa shape index (κ1) is 24.0. The normalized spacial score (nSPS) is 12.1. The fourth-order valence-electron chi connectivity index (χ4n) is 2.21. The van der Waals surface area contributed by atoms with Gasteiger partial charge in [0.15, 0.2) is 14.0 Å². The molecule has 0 saturated carbocycles. The Morgan fingerprint density at radius 3 is 2.60 bits per heavy atom. The predicted octanol–water partition coefficient (Wildman–Crippen LogP) is 4.33. The van der Waals surface area contributed by atoms with Crippen LogP contribution < -0.4 is 4.74 Å². The highest BCUT2D eigenvalue weighted by Crippen LogP contribution is 2.36. The van der Waals surface area contributed by atoms with Crippen molar-refractivity contribution in [1.29, 1.82) is 0 Å². The summed E-state index contributed by atoms with van der Waals surface area (Å²) in [4.78, 5) is 20.0. The maximum Gasteiger partial charge on any atom is 0.360 e. The van der Waals surface area contributed by atoms with Gasteiger partial charge in [0, 0.05) is 17.8 Å². The second kappa shape index (κ2) is 10.7. The van der Waals surface area contributed by atoms with Crippen LogP contribution in [0.3, 0.4) is 0 Å². The molecule has 0 atom stereocenters. The third kappa shape index (κ3) is 6.93. The number of aromatic nitrogens is 2. The number of carbonyl (C=O) groups is 1. The van der Waals surface area contributed by atoms with Crippen molar-refractivity contribution >= 4 is 14.3 Å². The lowest BCUT2D eigenvalue weighted by Gasteiger charge is -2.36. The van der Waals surface area contributed by atoms with Crippen molar-refractivity contribution in [2.24, 2.45) is 0 Å². The van der Waals surface area contributed by atoms with Gasteiger partial charge in [0.05, 0.1) is 26.4 Å². The number of ether oxygens (including phenoxy) is 3. The molecular weight excluding hydrogens is 404 g/mol. The molecule has 0 radical (unpaired) electrons. The molecular formula is C21H32N2O6Si. The van der Waals surface area contributed by atoms with Gasteiger partial charge in [0.2, 0.25) is 11.8 Å². The average molecular weight is 437 g/mol. The number of hydrogen-bond acceptors (Lipinski definition) is 8. The Hall–Kier alpha value is -2.23. The topological polar surface area (TPSA) is 92.9 Å². The van der Waals surface area contributed by atoms with Gasteiger partial charge in [-0.2, -0.15) is 0 Å². The van der Waals surface area contributed by atoms with Crippen LogP contribution >= 0.6 is 0 Å². The summed E-state index contributed by atoms with van der Waals surface area (Å²) in [6, 6.07) is 3.42. The quantitative estimate of drug-likeness (QED) is 0.292. The van der Waals surface area contributed by atoms with E-state index in [1.807, 2.05) is 0 Å². The van der Waals surface area contributed by atoms with E-state index in [2.05, 4.69) is 43.8 Å². The zero-order chi connectivity index (χ0) is 22.2. The first-order valence-electron chi connectivity index (χ1n) is 10.1. The minimum Gasteiger partial charge on any atom is -0.475 e. The van der Waals surface area contributed by atoms with E-state index in [0.29, 0.717) is 43.8 Å². The second-order valence-corrected chi connectivity index (χ2v) is 13.0. The van der Waals surface area contributed by atoms with Crippen LogP contribution in [-0.4, -0.2) is 57.3 Å². The molecule has 0 unspecified atom stereocenters. The lowest BCUT2D eigenvalue weighted by Crippen LogP contribution is -2.41. The van der Waals surface area contributed by atoms with E-state index < -0.39 is 14.3 Å². The molecule has 30 heavy (non-hydrogen) atoms. The van der Waals surface area contributed by atoms with E-state index >= 15 is 0 Å². The van der Waals surface area contributed by atoms with Gasteiger partial charge >= 0.3 is 5.97 Å². The minimum absolute atomic E-state index is 0.124. The number of pyridine rings is 1. The van der Waals surface area contributed by atoms with Crippen molar-refractivity contribution in [1.82, 2.24) is 9.97 Å². The summed E-state index contributed by atoms with van der Waals surface area (Å²) in [7, 11) is -1.74. The molecule has 2 rings (SSSR count). The molecule has 0 aromatic carbocycles. The molecule has 2 aromatic heterocycles. The standard InChI is InChI=1S/C21H32N2O6Si/c1-7-26-20(24)17-15-28-19(23-17)16-8-9-22-18(14-16)27-12-10-25-11-13-29-30(5,6)21(2,3)4/h8-9,14-15H,7,10-13H2,1-6H3. The van der Waals surface area contributed by atoms with Crippen LogP contribution in [0.15, 0.2) is 29.0 Å². The Morgan fingerprint density at radius 1 is 1.17 bits per heavy atom. The monoisotopic (exact) mass is 436 g/mol. The van der Waals surface area contributed by atoms with Crippen LogP contribution in [0, 0.1) is 0 Å². The lowest BCUT2D eigenvalue weighted by molar-refractivity contribution is 0.0519. The fraction of sp³-hybridized carbons (Fsp3) is 0.571. The van der Waals surface area contributed by atoms with Crippen molar-refractivity contribution in [2.45, 2.75) is 45.8 Å². The van der Waals surface area contributed by atoms with Gasteiger partial charge in [0.1, 0.15) is 12.9 Å². The van der Waals surface area contributed by atoms with Crippen LogP contribution in [0.5, 0.6) is 5.88 Å². The Morgan fingerprint density at radius 2 is 1.90 bits per heavy atom. The van der Waals surface area contributed by atoms with Crippen LogP contribution in [0.1, 0.15) is 38.2 Å². The zero-order valence-electron chi connectivity index (χ0n) is 18.7. The highest BCUT2D eigenvalue weighted by atomic mass is 28.4. The largest absolute Gasteiger partial charge is 0.475 e. The molecule has 0 amide bonds. The van der Waals surface area contributed by atoms with E-state index in [1.54, 1.807) is 25.3 Å². The summed E-state index contributed by atoms with van der Waals surface area (Å²) in [6.07, 6.45) is 2.86. The highest BCUT2D eigenvalue weighted by Gasteiger charge is 2.36. The van der Waals surface area contributed by atoms with E-state index in [1.165, 1.54) is 6.26 Å². The molecule has 2 heterocycles. The van der Waals surface area contributed by atoms with Gasteiger partial charge in [-0.1, -0.05) is 20.8 Å². The summed E-state index contributed by atoms with van der Waals surface area (Å²) >= 11 is 0. The van der Waals surface area contributed by atoms with Crippen molar-refractivity contribution in [3.63, 3.8) is 0 Å². The lowest BCUT2D eigenvalue weighted by atomic mass is 10.2. The van der Waals surface area contributed by atoms with Crippen LogP contribution in [0.2, 0.25) is 18.1 Å². The number of oxazole rings is 1. The van der Waals surface area contributed by atoms with Crippen molar-refractivity contribution in [3.05, 3.63) is 30.3 Å². The number of rotatable bonds is 11. The Bertz CT molecular complexity index is 816. The number of hydrogen-bond donors (Lipinski definition) is 0. The van der Waals surface area contributed by atoms with Gasteiger partial charge in [-0.15, -0.1) is 0 Å². The molecule has 166 valence electrons. The summed E-state index contributed by atoms with van der Waals surface area (Å²) < 4.78 is 27.6. The maximum absolute atomic E-state index is 11.7. The Balaban J connectivity index is 1.75. The highest BCUT2D eigenvalue weighted by molar-refractivity contribution is 6.74.